The minimum absolute atomic E-state index is 0.0259. The number of aliphatic imine (C=N–C) groups is 1. The second-order valence-electron chi connectivity index (χ2n) is 8.31. The minimum Gasteiger partial charge on any atom is -0.395 e. The third kappa shape index (κ3) is 6.23. The third-order valence-electron chi connectivity index (χ3n) is 5.65. The predicted octanol–water partition coefficient (Wildman–Crippen LogP) is 1.42. The van der Waals surface area contributed by atoms with E-state index >= 15 is 0 Å². The molecule has 1 atom stereocenters. The Morgan fingerprint density at radius 2 is 1.74 bits per heavy atom. The van der Waals surface area contributed by atoms with Crippen LogP contribution in [0, 0.1) is 13.8 Å². The highest BCUT2D eigenvalue weighted by Crippen LogP contribution is 2.29. The van der Waals surface area contributed by atoms with Gasteiger partial charge in [-0.05, 0) is 44.0 Å². The lowest BCUT2D eigenvalue weighted by molar-refractivity contribution is -0.132. The van der Waals surface area contributed by atoms with E-state index in [1.54, 1.807) is 31.2 Å². The highest BCUT2D eigenvalue weighted by molar-refractivity contribution is 6.14. The number of fused-ring (bicyclic) bond motifs is 1. The van der Waals surface area contributed by atoms with Gasteiger partial charge < -0.3 is 25.7 Å². The summed E-state index contributed by atoms with van der Waals surface area (Å²) in [5.41, 5.74) is 4.04. The van der Waals surface area contributed by atoms with E-state index in [1.807, 2.05) is 32.0 Å². The van der Waals surface area contributed by atoms with Crippen LogP contribution in [0.1, 0.15) is 23.6 Å². The number of aliphatic hydroxyl groups is 2. The molecule has 1 aliphatic rings. The van der Waals surface area contributed by atoms with E-state index in [0.717, 1.165) is 11.1 Å². The fraction of sp³-hybridized carbons (Fsp3) is 0.360. The number of benzodiazepines with no additional fused rings is 1. The smallest absolute Gasteiger partial charge is 0.321 e. The van der Waals surface area contributed by atoms with Gasteiger partial charge in [0.05, 0.1) is 18.9 Å². The summed E-state index contributed by atoms with van der Waals surface area (Å²) >= 11 is 0. The molecular formula is C25H31N5O5. The van der Waals surface area contributed by atoms with Gasteiger partial charge in [0.15, 0.2) is 0 Å². The highest BCUT2D eigenvalue weighted by atomic mass is 16.3. The Morgan fingerprint density at radius 3 is 2.40 bits per heavy atom. The Morgan fingerprint density at radius 1 is 1.06 bits per heavy atom. The second-order valence-corrected chi connectivity index (χ2v) is 8.31. The number of para-hydroxylation sites is 1. The number of benzene rings is 2. The van der Waals surface area contributed by atoms with Crippen LogP contribution in [-0.2, 0) is 9.59 Å². The molecule has 0 aliphatic carbocycles. The van der Waals surface area contributed by atoms with Gasteiger partial charge in [0.2, 0.25) is 12.1 Å². The number of hydrogen-bond donors (Lipinski definition) is 4. The first-order chi connectivity index (χ1) is 16.7. The molecule has 2 aromatic rings. The Bertz CT molecular complexity index is 1130. The highest BCUT2D eigenvalue weighted by Gasteiger charge is 2.34. The number of hydrogen-bond acceptors (Lipinski definition) is 6. The SMILES string of the molecule is CC1=NC(NC(=O)Nc2cccc(C)c2)C(=O)N(CC(=O)N(CCO)CCO)c2c(C)cccc21. The number of carbonyl (C=O) groups is 3. The number of aliphatic hydroxyl groups excluding tert-OH is 2. The van der Waals surface area contributed by atoms with Gasteiger partial charge >= 0.3 is 6.03 Å². The van der Waals surface area contributed by atoms with Crippen LogP contribution in [0.15, 0.2) is 47.5 Å². The van der Waals surface area contributed by atoms with E-state index in [0.29, 0.717) is 22.6 Å². The van der Waals surface area contributed by atoms with Crippen LogP contribution in [-0.4, -0.2) is 77.7 Å². The van der Waals surface area contributed by atoms with E-state index in [4.69, 9.17) is 0 Å². The molecule has 10 heteroatoms. The standard InChI is InChI=1S/C25H31N5O5/c1-16-6-4-8-19(14-16)27-25(35)28-23-24(34)30(15-21(33)29(10-12-31)11-13-32)22-17(2)7-5-9-20(22)18(3)26-23/h4-9,14,23,31-32H,10-13,15H2,1-3H3,(H2,27,28,35). The zero-order valence-electron chi connectivity index (χ0n) is 20.1. The summed E-state index contributed by atoms with van der Waals surface area (Å²) in [7, 11) is 0. The van der Waals surface area contributed by atoms with E-state index in [2.05, 4.69) is 15.6 Å². The lowest BCUT2D eigenvalue weighted by Crippen LogP contribution is -2.52. The van der Waals surface area contributed by atoms with Gasteiger partial charge in [-0.15, -0.1) is 0 Å². The van der Waals surface area contributed by atoms with Gasteiger partial charge in [0.1, 0.15) is 6.54 Å². The first-order valence-electron chi connectivity index (χ1n) is 11.3. The Hall–Kier alpha value is -3.76. The second kappa shape index (κ2) is 11.6. The molecule has 0 saturated heterocycles. The number of urea groups is 1. The molecule has 0 spiro atoms. The van der Waals surface area contributed by atoms with Gasteiger partial charge in [-0.25, -0.2) is 4.79 Å². The fourth-order valence-electron chi connectivity index (χ4n) is 3.99. The van der Waals surface area contributed by atoms with Crippen molar-refractivity contribution in [3.8, 4) is 0 Å². The molecular weight excluding hydrogens is 450 g/mol. The molecule has 3 rings (SSSR count). The Balaban J connectivity index is 1.91. The van der Waals surface area contributed by atoms with Gasteiger partial charge in [-0.1, -0.05) is 30.3 Å². The van der Waals surface area contributed by atoms with Crippen molar-refractivity contribution in [2.45, 2.75) is 26.9 Å². The van der Waals surface area contributed by atoms with Gasteiger partial charge in [0.25, 0.3) is 5.91 Å². The number of nitrogens with zero attached hydrogens (tertiary/aromatic N) is 3. The maximum Gasteiger partial charge on any atom is 0.321 e. The summed E-state index contributed by atoms with van der Waals surface area (Å²) in [6.45, 7) is 4.63. The van der Waals surface area contributed by atoms with Crippen LogP contribution in [0.25, 0.3) is 0 Å². The van der Waals surface area contributed by atoms with Crippen molar-refractivity contribution in [2.24, 2.45) is 4.99 Å². The molecule has 2 aromatic carbocycles. The summed E-state index contributed by atoms with van der Waals surface area (Å²) in [5, 5.41) is 23.9. The van der Waals surface area contributed by atoms with Gasteiger partial charge in [-0.3, -0.25) is 19.5 Å². The van der Waals surface area contributed by atoms with Crippen molar-refractivity contribution in [2.75, 3.05) is 43.1 Å². The van der Waals surface area contributed by atoms with Crippen LogP contribution in [0.5, 0.6) is 0 Å². The van der Waals surface area contributed by atoms with E-state index in [-0.39, 0.29) is 32.8 Å². The first-order valence-corrected chi connectivity index (χ1v) is 11.3. The van der Waals surface area contributed by atoms with E-state index in [1.165, 1.54) is 9.80 Å². The van der Waals surface area contributed by atoms with Gasteiger partial charge in [-0.2, -0.15) is 0 Å². The molecule has 0 radical (unpaired) electrons. The number of anilines is 2. The quantitative estimate of drug-likeness (QED) is 0.452. The van der Waals surface area contributed by atoms with Crippen LogP contribution in [0.2, 0.25) is 0 Å². The van der Waals surface area contributed by atoms with Crippen LogP contribution in [0.4, 0.5) is 16.2 Å². The summed E-state index contributed by atoms with van der Waals surface area (Å²) < 4.78 is 0. The molecule has 10 nitrogen and oxygen atoms in total. The topological polar surface area (TPSA) is 135 Å². The summed E-state index contributed by atoms with van der Waals surface area (Å²) in [5.74, 6) is -1.02. The Labute approximate surface area is 204 Å². The van der Waals surface area contributed by atoms with Crippen molar-refractivity contribution >= 4 is 34.9 Å². The molecule has 1 heterocycles. The largest absolute Gasteiger partial charge is 0.395 e. The van der Waals surface area contributed by atoms with Crippen molar-refractivity contribution in [3.05, 3.63) is 59.2 Å². The molecule has 0 fully saturated rings. The van der Waals surface area contributed by atoms with Crippen molar-refractivity contribution < 1.29 is 24.6 Å². The van der Waals surface area contributed by atoms with E-state index in [9.17, 15) is 24.6 Å². The molecule has 0 bridgehead atoms. The Kier molecular flexibility index (Phi) is 8.56. The number of amides is 4. The fourth-order valence-corrected chi connectivity index (χ4v) is 3.99. The molecule has 186 valence electrons. The molecule has 35 heavy (non-hydrogen) atoms. The first kappa shape index (κ1) is 25.9. The molecule has 0 aromatic heterocycles. The maximum atomic E-state index is 13.6. The van der Waals surface area contributed by atoms with Crippen molar-refractivity contribution in [3.63, 3.8) is 0 Å². The normalized spacial score (nSPS) is 15.1. The van der Waals surface area contributed by atoms with Crippen LogP contribution in [0.3, 0.4) is 0 Å². The predicted molar refractivity (Wildman–Crippen MR) is 134 cm³/mol. The lowest BCUT2D eigenvalue weighted by atomic mass is 10.0. The third-order valence-corrected chi connectivity index (χ3v) is 5.65. The molecule has 4 amide bonds. The van der Waals surface area contributed by atoms with Crippen molar-refractivity contribution in [1.82, 2.24) is 10.2 Å². The summed E-state index contributed by atoms with van der Waals surface area (Å²) in [6, 6.07) is 12.1. The number of carbonyl (C=O) groups excluding carboxylic acids is 3. The molecule has 4 N–H and O–H groups in total. The van der Waals surface area contributed by atoms with Gasteiger partial charge in [0, 0.05) is 30.1 Å². The average molecular weight is 482 g/mol. The number of rotatable bonds is 8. The van der Waals surface area contributed by atoms with Crippen molar-refractivity contribution in [1.29, 1.82) is 0 Å². The van der Waals surface area contributed by atoms with E-state index < -0.39 is 24.0 Å². The molecule has 0 saturated carbocycles. The zero-order chi connectivity index (χ0) is 25.5. The van der Waals surface area contributed by atoms with Crippen LogP contribution >= 0.6 is 0 Å². The minimum atomic E-state index is -1.26. The number of aryl methyl sites for hydroxylation is 2. The zero-order valence-corrected chi connectivity index (χ0v) is 20.1. The molecule has 1 unspecified atom stereocenters. The number of nitrogens with one attached hydrogen (secondary N) is 2. The summed E-state index contributed by atoms with van der Waals surface area (Å²) in [6.07, 6.45) is -1.26. The average Bonchev–Trinajstić information content (AvgIpc) is 2.90. The monoisotopic (exact) mass is 481 g/mol. The lowest BCUT2D eigenvalue weighted by Gasteiger charge is -2.29. The molecule has 1 aliphatic heterocycles. The van der Waals surface area contributed by atoms with Crippen LogP contribution < -0.4 is 15.5 Å². The maximum absolute atomic E-state index is 13.6. The summed E-state index contributed by atoms with van der Waals surface area (Å²) in [4.78, 5) is 46.4.